The number of hydrogen-bond donors (Lipinski definition) is 1. The number of nitrogens with zero attached hydrogens (tertiary/aromatic N) is 7. The molecule has 2 aliphatic rings. The van der Waals surface area contributed by atoms with Gasteiger partial charge in [0.1, 0.15) is 23.3 Å². The monoisotopic (exact) mass is 816 g/mol. The first-order chi connectivity index (χ1) is 26.8. The highest BCUT2D eigenvalue weighted by Crippen LogP contribution is 2.37. The summed E-state index contributed by atoms with van der Waals surface area (Å²) in [5.41, 5.74) is 1.17. The number of benzene rings is 1. The number of aryl methyl sites for hydroxylation is 1. The Morgan fingerprint density at radius 3 is 2.64 bits per heavy atom. The van der Waals surface area contributed by atoms with Gasteiger partial charge in [0.15, 0.2) is 5.67 Å². The van der Waals surface area contributed by atoms with Gasteiger partial charge in [0, 0.05) is 65.5 Å². The van der Waals surface area contributed by atoms with E-state index >= 15 is 0 Å². The van der Waals surface area contributed by atoms with Gasteiger partial charge in [-0.3, -0.25) is 24.0 Å². The summed E-state index contributed by atoms with van der Waals surface area (Å²) in [6, 6.07) is 9.27. The number of likely N-dealkylation sites (tertiary alicyclic amines) is 1. The molecule has 0 spiro atoms. The number of nitrogens with one attached hydrogen (secondary N) is 1. The van der Waals surface area contributed by atoms with Crippen molar-refractivity contribution in [1.82, 2.24) is 29.1 Å². The summed E-state index contributed by atoms with van der Waals surface area (Å²) in [6.45, 7) is 7.66. The van der Waals surface area contributed by atoms with Crippen molar-refractivity contribution in [2.24, 2.45) is 0 Å². The third-order valence-electron chi connectivity index (χ3n) is 10.2. The number of aromatic nitrogens is 4. The normalized spacial score (nSPS) is 15.9. The van der Waals surface area contributed by atoms with Gasteiger partial charge in [-0.25, -0.2) is 27.5 Å². The smallest absolute Gasteiger partial charge is 0.267 e. The van der Waals surface area contributed by atoms with Gasteiger partial charge >= 0.3 is 0 Å². The average molecular weight is 817 g/mol. The number of hydrogen-bond acceptors (Lipinski definition) is 12. The minimum atomic E-state index is -3.78. The Bertz CT molecular complexity index is 2640. The van der Waals surface area contributed by atoms with E-state index in [0.717, 1.165) is 12.8 Å². The molecule has 1 amide bonds. The number of pyridine rings is 2. The molecule has 2 fully saturated rings. The maximum Gasteiger partial charge on any atom is 0.267 e. The maximum atomic E-state index is 14.7. The number of rotatable bonds is 10. The van der Waals surface area contributed by atoms with Gasteiger partial charge in [-0.05, 0) is 57.9 Å². The highest BCUT2D eigenvalue weighted by molar-refractivity contribution is 7.90. The lowest BCUT2D eigenvalue weighted by Crippen LogP contribution is -2.56. The van der Waals surface area contributed by atoms with Crippen molar-refractivity contribution in [1.29, 1.82) is 5.26 Å². The third-order valence-corrected chi connectivity index (χ3v) is 12.7. The number of carbonyl (C=O) groups is 1. The lowest BCUT2D eigenvalue weighted by atomic mass is 9.98. The number of sulfonamides is 1. The van der Waals surface area contributed by atoms with Crippen molar-refractivity contribution in [3.63, 3.8) is 0 Å². The van der Waals surface area contributed by atoms with E-state index in [0.29, 0.717) is 75.3 Å². The molecule has 17 heteroatoms. The fourth-order valence-electron chi connectivity index (χ4n) is 7.24. The van der Waals surface area contributed by atoms with Crippen LogP contribution in [-0.2, 0) is 21.3 Å². The second-order valence-electron chi connectivity index (χ2n) is 13.8. The molecular formula is C39H38ClFN8O5S2. The van der Waals surface area contributed by atoms with Crippen LogP contribution in [0.25, 0.3) is 32.2 Å². The molecule has 5 aromatic rings. The van der Waals surface area contributed by atoms with Crippen LogP contribution in [0.5, 0.6) is 0 Å². The van der Waals surface area contributed by atoms with Gasteiger partial charge in [-0.2, -0.15) is 5.26 Å². The van der Waals surface area contributed by atoms with E-state index in [4.69, 9.17) is 16.3 Å². The largest absolute Gasteiger partial charge is 0.375 e. The molecule has 0 atom stereocenters. The maximum absolute atomic E-state index is 14.7. The van der Waals surface area contributed by atoms with E-state index in [9.17, 15) is 27.7 Å². The Balaban J connectivity index is 1.18. The lowest BCUT2D eigenvalue weighted by molar-refractivity contribution is -0.142. The Kier molecular flexibility index (Phi) is 11.1. The number of thiophene rings is 1. The van der Waals surface area contributed by atoms with Crippen LogP contribution in [0, 0.1) is 30.1 Å². The zero-order chi connectivity index (χ0) is 39.8. The van der Waals surface area contributed by atoms with Crippen molar-refractivity contribution in [3.05, 3.63) is 79.9 Å². The van der Waals surface area contributed by atoms with Crippen molar-refractivity contribution in [2.75, 3.05) is 50.0 Å². The SMILES string of the molecule is CCN(c1ncc2nc(C)n(CC#Cc3ccc(Cl)cc3-c3ccnc4c(C(=O)NS(=O)(=O)CC)csc34)c(=O)c2c1C#N)C1CCN(CC2(F)COC2)CC1. The molecule has 0 aliphatic carbocycles. The van der Waals surface area contributed by atoms with Crippen LogP contribution < -0.4 is 15.2 Å². The third kappa shape index (κ3) is 7.72. The van der Waals surface area contributed by atoms with Crippen LogP contribution in [0.15, 0.2) is 46.8 Å². The second kappa shape index (κ2) is 15.9. The number of fused-ring (bicyclic) bond motifs is 2. The first-order valence-electron chi connectivity index (χ1n) is 18.1. The fraction of sp³-hybridized carbons (Fsp3) is 0.385. The van der Waals surface area contributed by atoms with E-state index in [-0.39, 0.29) is 48.1 Å². The molecule has 1 aromatic carbocycles. The average Bonchev–Trinajstić information content (AvgIpc) is 3.61. The van der Waals surface area contributed by atoms with Crippen molar-refractivity contribution >= 4 is 65.8 Å². The minimum Gasteiger partial charge on any atom is -0.375 e. The molecule has 290 valence electrons. The summed E-state index contributed by atoms with van der Waals surface area (Å²) >= 11 is 7.69. The number of alkyl halides is 1. The lowest BCUT2D eigenvalue weighted by Gasteiger charge is -2.43. The van der Waals surface area contributed by atoms with Gasteiger partial charge in [0.25, 0.3) is 11.5 Å². The first kappa shape index (κ1) is 39.3. The molecule has 6 heterocycles. The topological polar surface area (TPSA) is 163 Å². The Morgan fingerprint density at radius 1 is 1.20 bits per heavy atom. The summed E-state index contributed by atoms with van der Waals surface area (Å²) in [7, 11) is -3.78. The predicted octanol–water partition coefficient (Wildman–Crippen LogP) is 5.06. The zero-order valence-electron chi connectivity index (χ0n) is 30.9. The van der Waals surface area contributed by atoms with Gasteiger partial charge < -0.3 is 9.64 Å². The van der Waals surface area contributed by atoms with E-state index in [1.807, 2.05) is 6.92 Å². The molecule has 7 rings (SSSR count). The van der Waals surface area contributed by atoms with E-state index in [2.05, 4.69) is 47.4 Å². The van der Waals surface area contributed by atoms with Crippen LogP contribution in [-0.4, -0.2) is 95.6 Å². The molecule has 2 saturated heterocycles. The molecule has 56 heavy (non-hydrogen) atoms. The molecule has 2 aliphatic heterocycles. The van der Waals surface area contributed by atoms with Gasteiger partial charge in [-0.1, -0.05) is 23.4 Å². The van der Waals surface area contributed by atoms with Crippen molar-refractivity contribution in [2.45, 2.75) is 51.9 Å². The van der Waals surface area contributed by atoms with Crippen LogP contribution in [0.4, 0.5) is 10.2 Å². The number of amides is 1. The molecule has 0 bridgehead atoms. The van der Waals surface area contributed by atoms with Gasteiger partial charge in [0.2, 0.25) is 10.0 Å². The summed E-state index contributed by atoms with van der Waals surface area (Å²) < 4.78 is 48.1. The number of ether oxygens (including phenoxy) is 1. The summed E-state index contributed by atoms with van der Waals surface area (Å²) in [5.74, 6) is 6.08. The quantitative estimate of drug-likeness (QED) is 0.188. The number of carbonyl (C=O) groups excluding carboxylic acids is 1. The molecule has 4 aromatic heterocycles. The molecule has 0 saturated carbocycles. The highest BCUT2D eigenvalue weighted by atomic mass is 35.5. The molecular weight excluding hydrogens is 779 g/mol. The molecule has 0 unspecified atom stereocenters. The number of halogens is 2. The Labute approximate surface area is 332 Å². The van der Waals surface area contributed by atoms with Gasteiger partial charge in [-0.15, -0.1) is 11.3 Å². The predicted molar refractivity (Wildman–Crippen MR) is 214 cm³/mol. The summed E-state index contributed by atoms with van der Waals surface area (Å²) in [5, 5.41) is 12.6. The molecule has 0 radical (unpaired) electrons. The number of nitriles is 1. The fourth-order valence-corrected chi connectivity index (χ4v) is 8.98. The van der Waals surface area contributed by atoms with Crippen molar-refractivity contribution < 1.29 is 22.3 Å². The van der Waals surface area contributed by atoms with E-state index < -0.39 is 27.2 Å². The van der Waals surface area contributed by atoms with Crippen LogP contribution in [0.3, 0.4) is 0 Å². The van der Waals surface area contributed by atoms with Crippen LogP contribution >= 0.6 is 22.9 Å². The molecule has 1 N–H and O–H groups in total. The number of piperidine rings is 1. The Hall–Kier alpha value is -4.97. The molecule has 13 nitrogen and oxygen atoms in total. The number of anilines is 1. The van der Waals surface area contributed by atoms with E-state index in [1.165, 1.54) is 35.2 Å². The highest BCUT2D eigenvalue weighted by Gasteiger charge is 2.41. The van der Waals surface area contributed by atoms with Crippen molar-refractivity contribution in [3.8, 4) is 29.0 Å². The minimum absolute atomic E-state index is 0.0315. The Morgan fingerprint density at radius 2 is 1.96 bits per heavy atom. The van der Waals surface area contributed by atoms with E-state index in [1.54, 1.807) is 36.6 Å². The summed E-state index contributed by atoms with van der Waals surface area (Å²) in [4.78, 5) is 44.9. The summed E-state index contributed by atoms with van der Waals surface area (Å²) in [6.07, 6.45) is 4.58. The zero-order valence-corrected chi connectivity index (χ0v) is 33.3. The first-order valence-corrected chi connectivity index (χ1v) is 21.0. The van der Waals surface area contributed by atoms with Crippen LogP contribution in [0.1, 0.15) is 54.0 Å². The van der Waals surface area contributed by atoms with Gasteiger partial charge in [0.05, 0.1) is 58.4 Å². The standard InChI is InChI=1S/C39H38ClFN8O5S2/c1-4-48(27-11-15-47(16-12-27)21-39(41)22-54-23-39)36-30(18-42)33-32(19-44-36)45-24(3)49(38(33)51)14-6-7-25-8-9-26(40)17-29(25)28-10-13-43-34-31(20-55-35(28)34)37(50)46-56(52,53)5-2/h8-10,13,17,19-20,27H,4-5,11-12,14-16,21-23H2,1-3H3,(H,46,50). The van der Waals surface area contributed by atoms with Crippen LogP contribution in [0.2, 0.25) is 5.02 Å². The second-order valence-corrected chi connectivity index (χ2v) is 17.2.